The SMILES string of the molecule is Nc1nn(-c2ccc(F)c(Cl)c2)c2c1CCCC2. The van der Waals surface area contributed by atoms with Crippen molar-refractivity contribution in [1.29, 1.82) is 0 Å². The van der Waals surface area contributed by atoms with Gasteiger partial charge >= 0.3 is 0 Å². The first-order valence-electron chi connectivity index (χ1n) is 5.98. The van der Waals surface area contributed by atoms with E-state index in [9.17, 15) is 4.39 Å². The molecule has 1 aliphatic rings. The predicted octanol–water partition coefficient (Wildman–Crippen LogP) is 3.13. The van der Waals surface area contributed by atoms with Crippen LogP contribution in [0.25, 0.3) is 5.69 Å². The van der Waals surface area contributed by atoms with Crippen LogP contribution in [-0.4, -0.2) is 9.78 Å². The van der Waals surface area contributed by atoms with Gasteiger partial charge in [0.25, 0.3) is 0 Å². The molecule has 1 aromatic carbocycles. The lowest BCUT2D eigenvalue weighted by Crippen LogP contribution is -2.08. The van der Waals surface area contributed by atoms with Gasteiger partial charge in [-0.25, -0.2) is 9.07 Å². The molecule has 0 spiro atoms. The molecule has 0 saturated carbocycles. The molecule has 94 valence electrons. The first-order valence-corrected chi connectivity index (χ1v) is 6.36. The molecule has 18 heavy (non-hydrogen) atoms. The molecule has 0 aliphatic heterocycles. The van der Waals surface area contributed by atoms with Crippen LogP contribution in [0.4, 0.5) is 10.2 Å². The highest BCUT2D eigenvalue weighted by Crippen LogP contribution is 2.29. The van der Waals surface area contributed by atoms with Gasteiger partial charge in [0.1, 0.15) is 11.6 Å². The van der Waals surface area contributed by atoms with Crippen LogP contribution in [0.1, 0.15) is 24.1 Å². The number of nitrogens with two attached hydrogens (primary N) is 1. The lowest BCUT2D eigenvalue weighted by atomic mass is 9.97. The van der Waals surface area contributed by atoms with E-state index in [4.69, 9.17) is 17.3 Å². The molecule has 1 heterocycles. The Balaban J connectivity index is 2.14. The van der Waals surface area contributed by atoms with Gasteiger partial charge in [-0.1, -0.05) is 11.6 Å². The first-order chi connectivity index (χ1) is 8.66. The molecular formula is C13H13ClFN3. The Bertz CT molecular complexity index is 607. The van der Waals surface area contributed by atoms with Crippen LogP contribution in [0.5, 0.6) is 0 Å². The summed E-state index contributed by atoms with van der Waals surface area (Å²) in [6.45, 7) is 0. The molecule has 2 aromatic rings. The van der Waals surface area contributed by atoms with Gasteiger partial charge < -0.3 is 5.73 Å². The molecule has 1 aliphatic carbocycles. The molecule has 0 unspecified atom stereocenters. The summed E-state index contributed by atoms with van der Waals surface area (Å²) in [5.74, 6) is 0.152. The monoisotopic (exact) mass is 265 g/mol. The van der Waals surface area contributed by atoms with Gasteiger partial charge in [-0.3, -0.25) is 0 Å². The molecule has 0 saturated heterocycles. The van der Waals surface area contributed by atoms with Gasteiger partial charge in [0, 0.05) is 11.3 Å². The quantitative estimate of drug-likeness (QED) is 0.861. The molecule has 1 aromatic heterocycles. The van der Waals surface area contributed by atoms with E-state index < -0.39 is 5.82 Å². The normalized spacial score (nSPS) is 14.6. The fourth-order valence-electron chi connectivity index (χ4n) is 2.46. The number of hydrogen-bond acceptors (Lipinski definition) is 2. The highest BCUT2D eigenvalue weighted by atomic mass is 35.5. The predicted molar refractivity (Wildman–Crippen MR) is 69.6 cm³/mol. The van der Waals surface area contributed by atoms with Gasteiger partial charge in [-0.2, -0.15) is 5.10 Å². The molecule has 2 N–H and O–H groups in total. The zero-order chi connectivity index (χ0) is 12.7. The van der Waals surface area contributed by atoms with Gasteiger partial charge in [0.05, 0.1) is 10.7 Å². The van der Waals surface area contributed by atoms with Crippen LogP contribution in [-0.2, 0) is 12.8 Å². The topological polar surface area (TPSA) is 43.8 Å². The summed E-state index contributed by atoms with van der Waals surface area (Å²) in [7, 11) is 0. The second-order valence-electron chi connectivity index (χ2n) is 4.53. The Morgan fingerprint density at radius 2 is 2.06 bits per heavy atom. The number of benzene rings is 1. The molecule has 0 bridgehead atoms. The lowest BCUT2D eigenvalue weighted by molar-refractivity contribution is 0.625. The van der Waals surface area contributed by atoms with Gasteiger partial charge in [0.15, 0.2) is 0 Å². The molecule has 0 radical (unpaired) electrons. The van der Waals surface area contributed by atoms with Crippen molar-refractivity contribution >= 4 is 17.4 Å². The number of hydrogen-bond donors (Lipinski definition) is 1. The Hall–Kier alpha value is -1.55. The summed E-state index contributed by atoms with van der Waals surface area (Å²) in [4.78, 5) is 0. The summed E-state index contributed by atoms with van der Waals surface area (Å²) >= 11 is 5.81. The third-order valence-corrected chi connectivity index (χ3v) is 3.65. The van der Waals surface area contributed by atoms with E-state index in [1.807, 2.05) is 0 Å². The number of nitrogen functional groups attached to an aromatic ring is 1. The fourth-order valence-corrected chi connectivity index (χ4v) is 2.63. The molecule has 0 amide bonds. The van der Waals surface area contributed by atoms with Crippen LogP contribution >= 0.6 is 11.6 Å². The minimum Gasteiger partial charge on any atom is -0.382 e. The van der Waals surface area contributed by atoms with Crippen LogP contribution in [0.15, 0.2) is 18.2 Å². The minimum absolute atomic E-state index is 0.103. The number of halogens is 2. The van der Waals surface area contributed by atoms with Crippen LogP contribution in [0.3, 0.4) is 0 Å². The van der Waals surface area contributed by atoms with E-state index in [0.717, 1.165) is 42.6 Å². The number of fused-ring (bicyclic) bond motifs is 1. The van der Waals surface area contributed by atoms with Crippen molar-refractivity contribution in [3.05, 3.63) is 40.3 Å². The number of anilines is 1. The second kappa shape index (κ2) is 4.28. The Morgan fingerprint density at radius 1 is 1.28 bits per heavy atom. The third kappa shape index (κ3) is 1.77. The lowest BCUT2D eigenvalue weighted by Gasteiger charge is -2.14. The maximum absolute atomic E-state index is 13.2. The smallest absolute Gasteiger partial charge is 0.149 e. The van der Waals surface area contributed by atoms with E-state index in [-0.39, 0.29) is 5.02 Å². The van der Waals surface area contributed by atoms with Crippen LogP contribution < -0.4 is 5.73 Å². The van der Waals surface area contributed by atoms with Crippen molar-refractivity contribution in [2.24, 2.45) is 0 Å². The van der Waals surface area contributed by atoms with Crippen LogP contribution in [0.2, 0.25) is 5.02 Å². The first kappa shape index (κ1) is 11.5. The molecule has 0 fully saturated rings. The Labute approximate surface area is 109 Å². The second-order valence-corrected chi connectivity index (χ2v) is 4.94. The van der Waals surface area contributed by atoms with Gasteiger partial charge in [-0.05, 0) is 43.9 Å². The van der Waals surface area contributed by atoms with E-state index in [2.05, 4.69) is 5.10 Å². The Kier molecular flexibility index (Phi) is 2.74. The molecule has 0 atom stereocenters. The third-order valence-electron chi connectivity index (χ3n) is 3.36. The van der Waals surface area contributed by atoms with E-state index in [1.165, 1.54) is 6.07 Å². The number of rotatable bonds is 1. The summed E-state index contributed by atoms with van der Waals surface area (Å²) in [6.07, 6.45) is 4.20. The number of aromatic nitrogens is 2. The average Bonchev–Trinajstić information content (AvgIpc) is 2.71. The Morgan fingerprint density at radius 3 is 2.83 bits per heavy atom. The summed E-state index contributed by atoms with van der Waals surface area (Å²) in [5, 5.41) is 4.45. The zero-order valence-corrected chi connectivity index (χ0v) is 10.5. The van der Waals surface area contributed by atoms with Crippen molar-refractivity contribution in [2.45, 2.75) is 25.7 Å². The van der Waals surface area contributed by atoms with E-state index in [1.54, 1.807) is 16.8 Å². The molecule has 3 nitrogen and oxygen atoms in total. The maximum Gasteiger partial charge on any atom is 0.149 e. The van der Waals surface area contributed by atoms with Crippen LogP contribution in [0, 0.1) is 5.82 Å². The number of nitrogens with zero attached hydrogens (tertiary/aromatic N) is 2. The van der Waals surface area contributed by atoms with Gasteiger partial charge in [0.2, 0.25) is 0 Å². The van der Waals surface area contributed by atoms with Crippen molar-refractivity contribution in [3.63, 3.8) is 0 Å². The average molecular weight is 266 g/mol. The van der Waals surface area contributed by atoms with Crippen molar-refractivity contribution < 1.29 is 4.39 Å². The standard InChI is InChI=1S/C13H13ClFN3/c14-10-7-8(5-6-11(10)15)18-12-4-2-1-3-9(12)13(16)17-18/h5-7H,1-4H2,(H2,16,17). The van der Waals surface area contributed by atoms with Gasteiger partial charge in [-0.15, -0.1) is 0 Å². The van der Waals surface area contributed by atoms with Crippen molar-refractivity contribution in [1.82, 2.24) is 9.78 Å². The molecular weight excluding hydrogens is 253 g/mol. The highest BCUT2D eigenvalue weighted by molar-refractivity contribution is 6.30. The zero-order valence-electron chi connectivity index (χ0n) is 9.79. The summed E-state index contributed by atoms with van der Waals surface area (Å²) < 4.78 is 15.0. The maximum atomic E-state index is 13.2. The fraction of sp³-hybridized carbons (Fsp3) is 0.308. The summed E-state index contributed by atoms with van der Waals surface area (Å²) in [6, 6.07) is 4.60. The largest absolute Gasteiger partial charge is 0.382 e. The molecule has 5 heteroatoms. The minimum atomic E-state index is -0.422. The van der Waals surface area contributed by atoms with Crippen molar-refractivity contribution in [3.8, 4) is 5.69 Å². The van der Waals surface area contributed by atoms with E-state index >= 15 is 0 Å². The molecule has 3 rings (SSSR count). The van der Waals surface area contributed by atoms with E-state index in [0.29, 0.717) is 5.82 Å². The van der Waals surface area contributed by atoms with Crippen molar-refractivity contribution in [2.75, 3.05) is 5.73 Å². The summed E-state index contributed by atoms with van der Waals surface area (Å²) in [5.41, 5.74) is 8.94. The highest BCUT2D eigenvalue weighted by Gasteiger charge is 2.20.